The molecule has 0 aromatic rings. The zero-order chi connectivity index (χ0) is 26.5. The molecule has 0 radical (unpaired) electrons. The molecule has 0 atom stereocenters. The first-order valence-electron chi connectivity index (χ1n) is 12.9. The Bertz CT molecular complexity index is 704. The lowest BCUT2D eigenvalue weighted by Gasteiger charge is -2.55. The second-order valence-electron chi connectivity index (χ2n) is 11.0. The van der Waals surface area contributed by atoms with E-state index in [0.29, 0.717) is 20.9 Å². The minimum Gasteiger partial charge on any atom is -0.360 e. The minimum atomic E-state index is 0.0402. The summed E-state index contributed by atoms with van der Waals surface area (Å²) in [5.41, 5.74) is 0. The van der Waals surface area contributed by atoms with Crippen molar-refractivity contribution in [1.29, 1.82) is 0 Å². The number of nitrogens with one attached hydrogen (secondary N) is 3. The van der Waals surface area contributed by atoms with E-state index in [9.17, 15) is 0 Å². The molecule has 0 spiro atoms. The Morgan fingerprint density at radius 2 is 0.571 bits per heavy atom. The van der Waals surface area contributed by atoms with Gasteiger partial charge in [0.05, 0.1) is 0 Å². The second kappa shape index (κ2) is 11.5. The Hall–Kier alpha value is 0.104. The zero-order valence-electron chi connectivity index (χ0n) is 24.7. The van der Waals surface area contributed by atoms with E-state index in [0.717, 1.165) is 0 Å². The summed E-state index contributed by atoms with van der Waals surface area (Å²) in [5.74, 6) is 0. The quantitative estimate of drug-likeness (QED) is 0.340. The number of hydrogen-bond acceptors (Lipinski definition) is 12. The molecule has 188 valence electrons. The Morgan fingerprint density at radius 3 is 0.886 bits per heavy atom. The molecule has 0 aromatic carbocycles. The summed E-state index contributed by atoms with van der Waals surface area (Å²) in [6, 6.07) is 0. The summed E-state index contributed by atoms with van der Waals surface area (Å²) >= 11 is 0. The van der Waals surface area contributed by atoms with Crippen molar-refractivity contribution in [3.05, 3.63) is 0 Å². The molecule has 0 aromatic heterocycles. The molecular formula is C14H45B9N12. The molecule has 0 aliphatic carbocycles. The summed E-state index contributed by atoms with van der Waals surface area (Å²) in [7, 11) is 22.2. The summed E-state index contributed by atoms with van der Waals surface area (Å²) in [4.78, 5) is 0. The van der Waals surface area contributed by atoms with Crippen molar-refractivity contribution < 1.29 is 0 Å². The molecule has 0 amide bonds. The van der Waals surface area contributed by atoms with E-state index in [-0.39, 0.29) is 42.6 Å². The molecular weight excluding hydrogens is 434 g/mol. The van der Waals surface area contributed by atoms with Gasteiger partial charge >= 0.3 is 35.6 Å². The van der Waals surface area contributed by atoms with Gasteiger partial charge in [0, 0.05) is 0 Å². The molecule has 0 unspecified atom stereocenters. The lowest BCUT2D eigenvalue weighted by atomic mass is 9.45. The summed E-state index contributed by atoms with van der Waals surface area (Å²) < 4.78 is 21.5. The third kappa shape index (κ3) is 5.21. The first-order chi connectivity index (χ1) is 16.3. The predicted molar refractivity (Wildman–Crippen MR) is 160 cm³/mol. The van der Waals surface area contributed by atoms with Crippen LogP contribution in [0.15, 0.2) is 0 Å². The molecule has 3 N–H and O–H groups in total. The predicted octanol–water partition coefficient (Wildman–Crippen LogP) is -3.79. The standard InChI is InChI=1S/C14H45B9N12/c1-15-27(6)16(2)30(9)20(29(15)8)25-22-32(11)18(4)33(12)23(35(22)14)26-21-31(10)17(3)28(7)19(24-5)34(21)13/h24-26H,1-14H3. The van der Waals surface area contributed by atoms with Gasteiger partial charge in [0.25, 0.3) is 27.9 Å². The number of rotatable bonds is 5. The summed E-state index contributed by atoms with van der Waals surface area (Å²) in [5, 5.41) is 11.4. The molecule has 3 rings (SSSR count). The fraction of sp³-hybridized carbons (Fsp3) is 1.00. The van der Waals surface area contributed by atoms with E-state index in [2.05, 4.69) is 149 Å². The van der Waals surface area contributed by atoms with Crippen LogP contribution in [0.25, 0.3) is 0 Å². The molecule has 12 nitrogen and oxygen atoms in total. The Morgan fingerprint density at radius 1 is 0.343 bits per heavy atom. The van der Waals surface area contributed by atoms with Gasteiger partial charge in [-0.1, -0.05) is 27.3 Å². The van der Waals surface area contributed by atoms with Crippen LogP contribution in [0.3, 0.4) is 0 Å². The van der Waals surface area contributed by atoms with Crippen molar-refractivity contribution in [1.82, 2.24) is 58.0 Å². The topological polar surface area (TPSA) is 65.3 Å². The van der Waals surface area contributed by atoms with Gasteiger partial charge in [0.15, 0.2) is 0 Å². The third-order valence-electron chi connectivity index (χ3n) is 9.43. The molecule has 3 aliphatic heterocycles. The van der Waals surface area contributed by atoms with Crippen molar-refractivity contribution in [2.24, 2.45) is 0 Å². The van der Waals surface area contributed by atoms with E-state index in [1.54, 1.807) is 0 Å². The van der Waals surface area contributed by atoms with Crippen LogP contribution in [0.2, 0.25) is 27.3 Å². The van der Waals surface area contributed by atoms with Gasteiger partial charge < -0.3 is 58.0 Å². The molecule has 21 heteroatoms. The van der Waals surface area contributed by atoms with Gasteiger partial charge in [-0.05, 0) is 70.5 Å². The number of hydrogen-bond donors (Lipinski definition) is 3. The molecule has 3 heterocycles. The number of nitrogens with zero attached hydrogens (tertiary/aromatic N) is 9. The van der Waals surface area contributed by atoms with Crippen LogP contribution >= 0.6 is 0 Å². The molecule has 3 aliphatic rings. The van der Waals surface area contributed by atoms with Gasteiger partial charge in [-0.15, -0.1) is 0 Å². The SMILES string of the molecule is CNB1N(C)B(C)N(C)B(NB2N(C)B(C)N(C)B(NB3N(C)B(C)N(C)B(C)N3C)N2C)N1C. The Kier molecular flexibility index (Phi) is 9.71. The maximum Gasteiger partial charge on any atom is 0.380 e. The smallest absolute Gasteiger partial charge is 0.360 e. The van der Waals surface area contributed by atoms with Crippen LogP contribution in [0.5, 0.6) is 0 Å². The minimum absolute atomic E-state index is 0.0402. The van der Waals surface area contributed by atoms with Crippen molar-refractivity contribution in [2.75, 3.05) is 70.5 Å². The van der Waals surface area contributed by atoms with Crippen molar-refractivity contribution in [3.63, 3.8) is 0 Å². The van der Waals surface area contributed by atoms with Gasteiger partial charge in [-0.25, -0.2) is 0 Å². The molecule has 3 fully saturated rings. The van der Waals surface area contributed by atoms with Crippen LogP contribution in [0.4, 0.5) is 0 Å². The molecule has 35 heavy (non-hydrogen) atoms. The van der Waals surface area contributed by atoms with E-state index < -0.39 is 0 Å². The van der Waals surface area contributed by atoms with Crippen molar-refractivity contribution in [2.45, 2.75) is 27.3 Å². The van der Waals surface area contributed by atoms with Gasteiger partial charge in [0.2, 0.25) is 0 Å². The fourth-order valence-electron chi connectivity index (χ4n) is 6.01. The summed E-state index contributed by atoms with van der Waals surface area (Å²) in [6.45, 7) is 10.3. The molecule has 0 bridgehead atoms. The van der Waals surface area contributed by atoms with E-state index >= 15 is 0 Å². The molecule has 3 saturated heterocycles. The lowest BCUT2D eigenvalue weighted by molar-refractivity contribution is 0.489. The van der Waals surface area contributed by atoms with Crippen LogP contribution in [0.1, 0.15) is 0 Å². The second-order valence-corrected chi connectivity index (χ2v) is 11.0. The van der Waals surface area contributed by atoms with E-state index in [4.69, 9.17) is 0 Å². The van der Waals surface area contributed by atoms with Crippen molar-refractivity contribution >= 4 is 63.5 Å². The van der Waals surface area contributed by atoms with Crippen molar-refractivity contribution in [3.8, 4) is 0 Å². The van der Waals surface area contributed by atoms with E-state index in [1.807, 2.05) is 7.05 Å². The zero-order valence-corrected chi connectivity index (χ0v) is 24.7. The van der Waals surface area contributed by atoms with Crippen LogP contribution in [0, 0.1) is 0 Å². The highest BCUT2D eigenvalue weighted by Crippen LogP contribution is 2.19. The third-order valence-corrected chi connectivity index (χ3v) is 9.43. The monoisotopic (exact) mass is 480 g/mol. The van der Waals surface area contributed by atoms with E-state index in [1.165, 1.54) is 0 Å². The van der Waals surface area contributed by atoms with Crippen LogP contribution in [-0.4, -0.2) is 176 Å². The van der Waals surface area contributed by atoms with Gasteiger partial charge in [-0.2, -0.15) is 0 Å². The first kappa shape index (κ1) is 29.7. The lowest BCUT2D eigenvalue weighted by Crippen LogP contribution is -2.89. The fourth-order valence-corrected chi connectivity index (χ4v) is 6.01. The first-order valence-corrected chi connectivity index (χ1v) is 12.9. The van der Waals surface area contributed by atoms with Crippen LogP contribution in [-0.2, 0) is 0 Å². The van der Waals surface area contributed by atoms with Gasteiger partial charge in [-0.3, -0.25) is 0 Å². The highest BCUT2D eigenvalue weighted by molar-refractivity contribution is 6.94. The Labute approximate surface area is 219 Å². The Balaban J connectivity index is 1.84. The highest BCUT2D eigenvalue weighted by Gasteiger charge is 2.55. The largest absolute Gasteiger partial charge is 0.380 e. The average Bonchev–Trinajstić information content (AvgIpc) is 2.83. The average molecular weight is 479 g/mol. The highest BCUT2D eigenvalue weighted by atomic mass is 15.4. The normalized spacial score (nSPS) is 25.4. The van der Waals surface area contributed by atoms with Crippen LogP contribution < -0.4 is 15.5 Å². The molecule has 0 saturated carbocycles. The maximum atomic E-state index is 3.98. The summed E-state index contributed by atoms with van der Waals surface area (Å²) in [6.07, 6.45) is 0. The van der Waals surface area contributed by atoms with Gasteiger partial charge in [0.1, 0.15) is 0 Å². The maximum absolute atomic E-state index is 3.98.